The molecule has 2 aromatic rings. The van der Waals surface area contributed by atoms with Gasteiger partial charge in [-0.15, -0.1) is 0 Å². The Morgan fingerprint density at radius 2 is 1.81 bits per heavy atom. The minimum Gasteiger partial charge on any atom is -0.496 e. The molecule has 6 atom stereocenters. The molecular formula is C22H20O9. The molecule has 1 aromatic carbocycles. The first kappa shape index (κ1) is 19.9. The molecule has 2 saturated carbocycles. The minimum atomic E-state index is -2.74. The third-order valence-corrected chi connectivity index (χ3v) is 6.84. The lowest BCUT2D eigenvalue weighted by Gasteiger charge is -2.49. The van der Waals surface area contributed by atoms with E-state index in [0.717, 1.165) is 6.07 Å². The predicted molar refractivity (Wildman–Crippen MR) is 102 cm³/mol. The third kappa shape index (κ3) is 2.39. The van der Waals surface area contributed by atoms with Crippen LogP contribution >= 0.6 is 0 Å². The number of benzene rings is 1. The summed E-state index contributed by atoms with van der Waals surface area (Å²) in [5.41, 5.74) is -7.84. The predicted octanol–water partition coefficient (Wildman–Crippen LogP) is 0.157. The molecule has 9 nitrogen and oxygen atoms in total. The quantitative estimate of drug-likeness (QED) is 0.458. The Hall–Kier alpha value is -3.01. The molecule has 5 unspecified atom stereocenters. The van der Waals surface area contributed by atoms with Crippen LogP contribution in [0.3, 0.4) is 0 Å². The van der Waals surface area contributed by atoms with E-state index in [1.807, 2.05) is 0 Å². The van der Waals surface area contributed by atoms with Crippen LogP contribution in [0, 0.1) is 5.92 Å². The molecule has 1 aromatic heterocycles. The molecule has 3 fully saturated rings. The fourth-order valence-electron chi connectivity index (χ4n) is 5.72. The lowest BCUT2D eigenvalue weighted by atomic mass is 9.67. The SMILES string of the molecule is COc1cc(C2C3(O)CC4CC2(O)C(O)(C(=O)O4)[C@H]3C(=O)c2ccccc2)oc(=O)c1. The first-order valence-electron chi connectivity index (χ1n) is 9.81. The minimum absolute atomic E-state index is 0.106. The zero-order valence-electron chi connectivity index (χ0n) is 16.5. The average Bonchev–Trinajstić information content (AvgIpc) is 2.76. The molecule has 9 heteroatoms. The lowest BCUT2D eigenvalue weighted by Crippen LogP contribution is -2.67. The number of ketones is 1. The number of carbonyl (C=O) groups is 2. The number of hydrogen-bond donors (Lipinski definition) is 3. The molecule has 3 bridgehead atoms. The van der Waals surface area contributed by atoms with Crippen LogP contribution in [0.1, 0.15) is 34.9 Å². The van der Waals surface area contributed by atoms with Gasteiger partial charge in [0.1, 0.15) is 23.2 Å². The molecule has 2 aliphatic carbocycles. The number of aliphatic hydroxyl groups is 3. The molecule has 1 saturated heterocycles. The topological polar surface area (TPSA) is 144 Å². The van der Waals surface area contributed by atoms with Crippen LogP contribution < -0.4 is 10.4 Å². The summed E-state index contributed by atoms with van der Waals surface area (Å²) in [7, 11) is 1.33. The molecule has 0 spiro atoms. The maximum Gasteiger partial charge on any atom is 0.342 e. The van der Waals surface area contributed by atoms with Gasteiger partial charge in [0, 0.05) is 24.5 Å². The van der Waals surface area contributed by atoms with E-state index in [-0.39, 0.29) is 29.9 Å². The Morgan fingerprint density at radius 3 is 2.48 bits per heavy atom. The first-order chi connectivity index (χ1) is 14.6. The molecule has 2 heterocycles. The van der Waals surface area contributed by atoms with E-state index in [1.165, 1.54) is 25.3 Å². The molecule has 31 heavy (non-hydrogen) atoms. The highest BCUT2D eigenvalue weighted by Gasteiger charge is 2.85. The molecular weight excluding hydrogens is 408 g/mol. The maximum absolute atomic E-state index is 13.5. The van der Waals surface area contributed by atoms with Crippen molar-refractivity contribution in [2.45, 2.75) is 41.7 Å². The average molecular weight is 428 g/mol. The van der Waals surface area contributed by atoms with Crippen molar-refractivity contribution < 1.29 is 38.8 Å². The summed E-state index contributed by atoms with van der Waals surface area (Å²) in [4.78, 5) is 38.4. The summed E-state index contributed by atoms with van der Waals surface area (Å²) in [6.07, 6.45) is -1.37. The Balaban J connectivity index is 1.76. The van der Waals surface area contributed by atoms with Crippen molar-refractivity contribution >= 4 is 11.8 Å². The summed E-state index contributed by atoms with van der Waals surface area (Å²) in [6, 6.07) is 10.2. The molecule has 162 valence electrons. The van der Waals surface area contributed by atoms with Crippen molar-refractivity contribution in [2.75, 3.05) is 7.11 Å². The van der Waals surface area contributed by atoms with Crippen LogP contribution in [0.15, 0.2) is 51.7 Å². The number of carbonyl (C=O) groups excluding carboxylic acids is 2. The Morgan fingerprint density at radius 1 is 1.10 bits per heavy atom. The van der Waals surface area contributed by atoms with Gasteiger partial charge in [0.2, 0.25) is 5.60 Å². The molecule has 3 N–H and O–H groups in total. The standard InChI is InChI=1S/C22H20O9/c1-29-12-7-14(31-15(23)8-12)17-20(26)9-13-10-21(17,27)22(28,19(25)30-13)18(20)16(24)11-5-3-2-4-6-11/h2-8,13,17-18,26-28H,9-10H2,1H3/t13?,17?,18-,20?,21?,22?/m0/s1. The first-order valence-corrected chi connectivity index (χ1v) is 9.81. The van der Waals surface area contributed by atoms with Gasteiger partial charge in [-0.2, -0.15) is 0 Å². The zero-order valence-corrected chi connectivity index (χ0v) is 16.5. The number of esters is 1. The van der Waals surface area contributed by atoms with Gasteiger partial charge in [0.25, 0.3) is 0 Å². The second-order valence-corrected chi connectivity index (χ2v) is 8.43. The molecule has 1 aliphatic heterocycles. The van der Waals surface area contributed by atoms with Crippen molar-refractivity contribution in [1.82, 2.24) is 0 Å². The van der Waals surface area contributed by atoms with Gasteiger partial charge in [0.15, 0.2) is 5.78 Å². The van der Waals surface area contributed by atoms with E-state index in [0.29, 0.717) is 0 Å². The van der Waals surface area contributed by atoms with Crippen molar-refractivity contribution in [2.24, 2.45) is 5.92 Å². The fourth-order valence-corrected chi connectivity index (χ4v) is 5.72. The smallest absolute Gasteiger partial charge is 0.342 e. The summed E-state index contributed by atoms with van der Waals surface area (Å²) in [5, 5.41) is 35.1. The molecule has 5 rings (SSSR count). The Kier molecular flexibility index (Phi) is 4.02. The highest BCUT2D eigenvalue weighted by atomic mass is 16.6. The van der Waals surface area contributed by atoms with Crippen LogP contribution in [-0.2, 0) is 9.53 Å². The van der Waals surface area contributed by atoms with E-state index < -0.39 is 52.1 Å². The van der Waals surface area contributed by atoms with Crippen LogP contribution in [-0.4, -0.2) is 57.1 Å². The van der Waals surface area contributed by atoms with Crippen molar-refractivity contribution in [3.8, 4) is 5.75 Å². The van der Waals surface area contributed by atoms with E-state index in [9.17, 15) is 29.7 Å². The van der Waals surface area contributed by atoms with Gasteiger partial charge in [-0.1, -0.05) is 30.3 Å². The number of methoxy groups -OCH3 is 1. The largest absolute Gasteiger partial charge is 0.496 e. The van der Waals surface area contributed by atoms with Crippen LogP contribution in [0.5, 0.6) is 5.75 Å². The summed E-state index contributed by atoms with van der Waals surface area (Å²) < 4.78 is 15.6. The highest BCUT2D eigenvalue weighted by Crippen LogP contribution is 2.67. The second kappa shape index (κ2) is 6.25. The summed E-state index contributed by atoms with van der Waals surface area (Å²) >= 11 is 0. The molecule has 0 amide bonds. The maximum atomic E-state index is 13.5. The van der Waals surface area contributed by atoms with Gasteiger partial charge in [-0.3, -0.25) is 4.79 Å². The monoisotopic (exact) mass is 428 g/mol. The normalized spacial score (nSPS) is 38.1. The van der Waals surface area contributed by atoms with Crippen LogP contribution in [0.4, 0.5) is 0 Å². The van der Waals surface area contributed by atoms with Crippen molar-refractivity contribution in [1.29, 1.82) is 0 Å². The lowest BCUT2D eigenvalue weighted by molar-refractivity contribution is -0.234. The fraction of sp³-hybridized carbons (Fsp3) is 0.409. The second-order valence-electron chi connectivity index (χ2n) is 8.43. The zero-order chi connectivity index (χ0) is 22.2. The van der Waals surface area contributed by atoms with E-state index in [4.69, 9.17) is 13.9 Å². The molecule has 3 aliphatic rings. The van der Waals surface area contributed by atoms with E-state index in [1.54, 1.807) is 18.2 Å². The number of hydrogen-bond acceptors (Lipinski definition) is 9. The number of rotatable bonds is 4. The highest BCUT2D eigenvalue weighted by molar-refractivity contribution is 6.04. The van der Waals surface area contributed by atoms with E-state index >= 15 is 0 Å². The van der Waals surface area contributed by atoms with E-state index in [2.05, 4.69) is 0 Å². The third-order valence-electron chi connectivity index (χ3n) is 6.84. The summed E-state index contributed by atoms with van der Waals surface area (Å²) in [5.74, 6) is -5.19. The van der Waals surface area contributed by atoms with Gasteiger partial charge in [0.05, 0.1) is 30.6 Å². The van der Waals surface area contributed by atoms with Gasteiger partial charge < -0.3 is 29.2 Å². The van der Waals surface area contributed by atoms with Gasteiger partial charge >= 0.3 is 11.6 Å². The number of ether oxygens (including phenoxy) is 2. The number of fused-ring (bicyclic) bond motifs is 2. The Bertz CT molecular complexity index is 1140. The Labute approximate surface area is 175 Å². The molecule has 0 radical (unpaired) electrons. The van der Waals surface area contributed by atoms with Gasteiger partial charge in [-0.25, -0.2) is 9.59 Å². The van der Waals surface area contributed by atoms with Gasteiger partial charge in [-0.05, 0) is 0 Å². The number of Topliss-reactive ketones (excluding diaryl/α,β-unsaturated/α-hetero) is 1. The van der Waals surface area contributed by atoms with Crippen LogP contribution in [0.25, 0.3) is 0 Å². The van der Waals surface area contributed by atoms with Crippen molar-refractivity contribution in [3.63, 3.8) is 0 Å². The van der Waals surface area contributed by atoms with Crippen molar-refractivity contribution in [3.05, 3.63) is 64.2 Å². The summed E-state index contributed by atoms with van der Waals surface area (Å²) in [6.45, 7) is 0. The van der Waals surface area contributed by atoms with Crippen LogP contribution in [0.2, 0.25) is 0 Å².